The summed E-state index contributed by atoms with van der Waals surface area (Å²) in [4.78, 5) is 0.359. The lowest BCUT2D eigenvalue weighted by atomic mass is 10.0. The van der Waals surface area contributed by atoms with Gasteiger partial charge in [-0.2, -0.15) is 9.40 Å². The first kappa shape index (κ1) is 15.2. The summed E-state index contributed by atoms with van der Waals surface area (Å²) in [5.74, 6) is 0. The van der Waals surface area contributed by atoms with Gasteiger partial charge in [0.1, 0.15) is 0 Å². The number of benzene rings is 1. The monoisotopic (exact) mass is 319 g/mol. The van der Waals surface area contributed by atoms with E-state index in [0.717, 1.165) is 36.2 Å². The normalized spacial score (nSPS) is 20.2. The molecule has 1 N–H and O–H groups in total. The largest absolute Gasteiger partial charge is 0.283 e. The van der Waals surface area contributed by atoms with Gasteiger partial charge in [-0.05, 0) is 44.9 Å². The second-order valence-electron chi connectivity index (χ2n) is 5.92. The lowest BCUT2D eigenvalue weighted by molar-refractivity contribution is 0.251. The van der Waals surface area contributed by atoms with Gasteiger partial charge in [0.2, 0.25) is 10.0 Å². The Balaban J connectivity index is 1.97. The summed E-state index contributed by atoms with van der Waals surface area (Å²) in [7, 11) is -3.49. The van der Waals surface area contributed by atoms with Crippen LogP contribution in [-0.2, 0) is 10.0 Å². The molecule has 1 atom stereocenters. The van der Waals surface area contributed by atoms with Crippen LogP contribution in [0.3, 0.4) is 0 Å². The molecular weight excluding hydrogens is 298 g/mol. The van der Waals surface area contributed by atoms with Crippen LogP contribution in [0.5, 0.6) is 0 Å². The number of nitrogens with one attached hydrogen (secondary N) is 1. The number of hydrogen-bond acceptors (Lipinski definition) is 3. The van der Waals surface area contributed by atoms with Crippen LogP contribution >= 0.6 is 0 Å². The van der Waals surface area contributed by atoms with Crippen molar-refractivity contribution in [2.24, 2.45) is 0 Å². The Morgan fingerprint density at radius 2 is 1.91 bits per heavy atom. The topological polar surface area (TPSA) is 66.1 Å². The molecule has 0 spiro atoms. The van der Waals surface area contributed by atoms with Gasteiger partial charge >= 0.3 is 0 Å². The summed E-state index contributed by atoms with van der Waals surface area (Å²) in [5.41, 5.74) is 2.82. The third kappa shape index (κ3) is 2.80. The minimum atomic E-state index is -3.49. The maximum Gasteiger partial charge on any atom is 0.243 e. The summed E-state index contributed by atoms with van der Waals surface area (Å²) in [6, 6.07) is 8.81. The third-order valence-electron chi connectivity index (χ3n) is 4.15. The molecule has 0 radical (unpaired) electrons. The fraction of sp³-hybridized carbons (Fsp3) is 0.438. The number of aryl methyl sites for hydroxylation is 2. The van der Waals surface area contributed by atoms with Crippen LogP contribution in [0.4, 0.5) is 0 Å². The predicted octanol–water partition coefficient (Wildman–Crippen LogP) is 2.94. The van der Waals surface area contributed by atoms with E-state index in [9.17, 15) is 8.42 Å². The van der Waals surface area contributed by atoms with Crippen LogP contribution < -0.4 is 0 Å². The molecule has 6 heteroatoms. The van der Waals surface area contributed by atoms with E-state index >= 15 is 0 Å². The Kier molecular flexibility index (Phi) is 4.06. The number of nitrogens with zero attached hydrogens (tertiary/aromatic N) is 2. The van der Waals surface area contributed by atoms with Crippen molar-refractivity contribution in [1.29, 1.82) is 0 Å². The SMILES string of the molecule is Cc1ccc(S(=O)(=O)N2CCCCC2c2cc(C)[nH]n2)cc1. The van der Waals surface area contributed by atoms with E-state index in [-0.39, 0.29) is 6.04 Å². The average Bonchev–Trinajstić information content (AvgIpc) is 2.94. The van der Waals surface area contributed by atoms with Crippen molar-refractivity contribution in [3.63, 3.8) is 0 Å². The molecule has 1 unspecified atom stereocenters. The minimum Gasteiger partial charge on any atom is -0.283 e. The first-order valence-corrected chi connectivity index (χ1v) is 9.03. The third-order valence-corrected chi connectivity index (χ3v) is 6.07. The Morgan fingerprint density at radius 1 is 1.18 bits per heavy atom. The fourth-order valence-corrected chi connectivity index (χ4v) is 4.61. The Bertz CT molecular complexity index is 750. The molecule has 5 nitrogen and oxygen atoms in total. The molecule has 2 aromatic rings. The first-order valence-electron chi connectivity index (χ1n) is 7.59. The summed E-state index contributed by atoms with van der Waals surface area (Å²) >= 11 is 0. The zero-order valence-corrected chi connectivity index (χ0v) is 13.7. The highest BCUT2D eigenvalue weighted by atomic mass is 32.2. The van der Waals surface area contributed by atoms with Gasteiger partial charge in [0.05, 0.1) is 16.6 Å². The summed E-state index contributed by atoms with van der Waals surface area (Å²) in [6.07, 6.45) is 2.73. The molecule has 3 rings (SSSR count). The van der Waals surface area contributed by atoms with E-state index in [4.69, 9.17) is 0 Å². The number of hydrogen-bond donors (Lipinski definition) is 1. The van der Waals surface area contributed by atoms with Gasteiger partial charge < -0.3 is 0 Å². The maximum atomic E-state index is 13.0. The highest BCUT2D eigenvalue weighted by Gasteiger charge is 2.35. The summed E-state index contributed by atoms with van der Waals surface area (Å²) in [5, 5.41) is 7.19. The number of rotatable bonds is 3. The highest BCUT2D eigenvalue weighted by Crippen LogP contribution is 2.34. The molecule has 1 aliphatic rings. The second kappa shape index (κ2) is 5.85. The molecule has 2 heterocycles. The molecule has 1 fully saturated rings. The van der Waals surface area contributed by atoms with Gasteiger partial charge in [-0.1, -0.05) is 24.1 Å². The molecule has 0 saturated carbocycles. The summed E-state index contributed by atoms with van der Waals surface area (Å²) in [6.45, 7) is 4.43. The van der Waals surface area contributed by atoms with Crippen molar-refractivity contribution in [3.05, 3.63) is 47.3 Å². The van der Waals surface area contributed by atoms with Crippen LogP contribution in [-0.4, -0.2) is 29.5 Å². The zero-order valence-electron chi connectivity index (χ0n) is 12.9. The summed E-state index contributed by atoms with van der Waals surface area (Å²) < 4.78 is 27.6. The molecular formula is C16H21N3O2S. The van der Waals surface area contributed by atoms with Crippen molar-refractivity contribution in [1.82, 2.24) is 14.5 Å². The lowest BCUT2D eigenvalue weighted by Crippen LogP contribution is -2.38. The van der Waals surface area contributed by atoms with Gasteiger partial charge in [0.15, 0.2) is 0 Å². The van der Waals surface area contributed by atoms with E-state index in [1.54, 1.807) is 16.4 Å². The number of aromatic amines is 1. The van der Waals surface area contributed by atoms with Crippen LogP contribution in [0, 0.1) is 13.8 Å². The smallest absolute Gasteiger partial charge is 0.243 e. The number of piperidine rings is 1. The molecule has 22 heavy (non-hydrogen) atoms. The fourth-order valence-electron chi connectivity index (χ4n) is 2.94. The van der Waals surface area contributed by atoms with Crippen LogP contribution in [0.25, 0.3) is 0 Å². The Hall–Kier alpha value is -1.66. The number of H-pyrrole nitrogens is 1. The van der Waals surface area contributed by atoms with Gasteiger partial charge in [-0.25, -0.2) is 8.42 Å². The molecule has 1 aromatic carbocycles. The van der Waals surface area contributed by atoms with Crippen LogP contribution in [0.15, 0.2) is 35.2 Å². The van der Waals surface area contributed by atoms with Gasteiger partial charge in [0.25, 0.3) is 0 Å². The Morgan fingerprint density at radius 3 is 2.55 bits per heavy atom. The van der Waals surface area contributed by atoms with E-state index in [1.165, 1.54) is 0 Å². The Labute approximate surface area is 131 Å². The first-order chi connectivity index (χ1) is 10.5. The molecule has 0 amide bonds. The molecule has 1 aromatic heterocycles. The lowest BCUT2D eigenvalue weighted by Gasteiger charge is -2.33. The van der Waals surface area contributed by atoms with Crippen LogP contribution in [0.2, 0.25) is 0 Å². The minimum absolute atomic E-state index is 0.176. The van der Waals surface area contributed by atoms with Crippen molar-refractivity contribution in [2.75, 3.05) is 6.54 Å². The van der Waals surface area contributed by atoms with Crippen LogP contribution in [0.1, 0.15) is 42.3 Å². The van der Waals surface area contributed by atoms with Gasteiger partial charge in [0, 0.05) is 12.2 Å². The van der Waals surface area contributed by atoms with Gasteiger partial charge in [-0.3, -0.25) is 5.10 Å². The zero-order chi connectivity index (χ0) is 15.7. The predicted molar refractivity (Wildman–Crippen MR) is 85.0 cm³/mol. The molecule has 1 saturated heterocycles. The average molecular weight is 319 g/mol. The van der Waals surface area contributed by atoms with Gasteiger partial charge in [-0.15, -0.1) is 0 Å². The van der Waals surface area contributed by atoms with E-state index < -0.39 is 10.0 Å². The van der Waals surface area contributed by atoms with E-state index in [2.05, 4.69) is 10.2 Å². The van der Waals surface area contributed by atoms with Crippen molar-refractivity contribution in [2.45, 2.75) is 44.0 Å². The molecule has 1 aliphatic heterocycles. The van der Waals surface area contributed by atoms with E-state index in [1.807, 2.05) is 32.0 Å². The van der Waals surface area contributed by atoms with Crippen molar-refractivity contribution in [3.8, 4) is 0 Å². The van der Waals surface area contributed by atoms with Crippen molar-refractivity contribution >= 4 is 10.0 Å². The molecule has 118 valence electrons. The van der Waals surface area contributed by atoms with E-state index in [0.29, 0.717) is 11.4 Å². The number of sulfonamides is 1. The number of aromatic nitrogens is 2. The second-order valence-corrected chi connectivity index (χ2v) is 7.81. The van der Waals surface area contributed by atoms with Crippen molar-refractivity contribution < 1.29 is 8.42 Å². The molecule has 0 bridgehead atoms. The maximum absolute atomic E-state index is 13.0. The molecule has 0 aliphatic carbocycles. The standard InChI is InChI=1S/C16H21N3O2S/c1-12-6-8-14(9-7-12)22(20,21)19-10-4-3-5-16(19)15-11-13(2)17-18-15/h6-9,11,16H,3-5,10H2,1-2H3,(H,17,18). The quantitative estimate of drug-likeness (QED) is 0.946. The highest BCUT2D eigenvalue weighted by molar-refractivity contribution is 7.89.